The van der Waals surface area contributed by atoms with Crippen molar-refractivity contribution in [1.29, 1.82) is 0 Å². The lowest BCUT2D eigenvalue weighted by Crippen LogP contribution is -2.55. The Morgan fingerprint density at radius 2 is 2.12 bits per heavy atom. The summed E-state index contributed by atoms with van der Waals surface area (Å²) < 4.78 is 0. The number of hydrogen-bond donors (Lipinski definition) is 2. The summed E-state index contributed by atoms with van der Waals surface area (Å²) >= 11 is 0. The van der Waals surface area contributed by atoms with E-state index >= 15 is 0 Å². The zero-order valence-electron chi connectivity index (χ0n) is 10.2. The third-order valence-corrected chi connectivity index (χ3v) is 3.40. The third kappa shape index (κ3) is 2.11. The van der Waals surface area contributed by atoms with Crippen molar-refractivity contribution in [3.63, 3.8) is 0 Å². The van der Waals surface area contributed by atoms with Crippen molar-refractivity contribution in [3.8, 4) is 0 Å². The minimum absolute atomic E-state index is 0.0205. The van der Waals surface area contributed by atoms with E-state index in [1.807, 2.05) is 6.92 Å². The van der Waals surface area contributed by atoms with Gasteiger partial charge in [0.05, 0.1) is 0 Å². The van der Waals surface area contributed by atoms with E-state index in [2.05, 4.69) is 15.6 Å². The molecule has 2 fully saturated rings. The predicted molar refractivity (Wildman–Crippen MR) is 63.5 cm³/mol. The van der Waals surface area contributed by atoms with Crippen LogP contribution in [-0.4, -0.2) is 47.8 Å². The highest BCUT2D eigenvalue weighted by Gasteiger charge is 2.47. The summed E-state index contributed by atoms with van der Waals surface area (Å²) in [6, 6.07) is 0. The number of nitrogens with zero attached hydrogens (tertiary/aromatic N) is 2. The molecule has 6 nitrogen and oxygen atoms in total. The number of guanidine groups is 1. The Balaban J connectivity index is 2.05. The average Bonchev–Trinajstić information content (AvgIpc) is 2.57. The molecular formula is C11H18N4O2. The normalized spacial score (nSPS) is 24.9. The van der Waals surface area contributed by atoms with Crippen LogP contribution in [0.3, 0.4) is 0 Å². The number of rotatable bonds is 1. The lowest BCUT2D eigenvalue weighted by Gasteiger charge is -2.36. The van der Waals surface area contributed by atoms with Crippen LogP contribution >= 0.6 is 0 Å². The highest BCUT2D eigenvalue weighted by atomic mass is 16.2. The molecule has 2 rings (SSSR count). The molecule has 0 radical (unpaired) electrons. The molecule has 0 aromatic heterocycles. The van der Waals surface area contributed by atoms with Gasteiger partial charge in [0.25, 0.3) is 5.91 Å². The second-order valence-corrected chi connectivity index (χ2v) is 4.49. The first-order valence-electron chi connectivity index (χ1n) is 5.97. The SMILES string of the molecule is CCN=C1NC(=O)C2(CCN(C(C)=O)CC2)N1. The van der Waals surface area contributed by atoms with Crippen LogP contribution in [0.4, 0.5) is 0 Å². The molecule has 2 amide bonds. The second kappa shape index (κ2) is 4.35. The molecule has 2 aliphatic heterocycles. The molecule has 6 heteroatoms. The highest BCUT2D eigenvalue weighted by Crippen LogP contribution is 2.25. The molecule has 0 unspecified atom stereocenters. The topological polar surface area (TPSA) is 73.8 Å². The van der Waals surface area contributed by atoms with E-state index in [1.165, 1.54) is 0 Å². The molecule has 2 N–H and O–H groups in total. The Bertz CT molecular complexity index is 370. The van der Waals surface area contributed by atoms with Gasteiger partial charge in [-0.15, -0.1) is 0 Å². The summed E-state index contributed by atoms with van der Waals surface area (Å²) in [5.74, 6) is 0.613. The van der Waals surface area contributed by atoms with Gasteiger partial charge in [0, 0.05) is 26.6 Å². The van der Waals surface area contributed by atoms with Crippen LogP contribution in [0.2, 0.25) is 0 Å². The molecule has 0 atom stereocenters. The Kier molecular flexibility index (Phi) is 3.04. The summed E-state index contributed by atoms with van der Waals surface area (Å²) in [5, 5.41) is 5.92. The van der Waals surface area contributed by atoms with Crippen LogP contribution in [0.15, 0.2) is 4.99 Å². The Morgan fingerprint density at radius 1 is 1.47 bits per heavy atom. The summed E-state index contributed by atoms with van der Waals surface area (Å²) in [5.41, 5.74) is -0.556. The zero-order chi connectivity index (χ0) is 12.5. The number of likely N-dealkylation sites (tertiary alicyclic amines) is 1. The maximum atomic E-state index is 12.0. The minimum Gasteiger partial charge on any atom is -0.343 e. The van der Waals surface area contributed by atoms with Gasteiger partial charge in [-0.3, -0.25) is 19.9 Å². The van der Waals surface area contributed by atoms with Crippen molar-refractivity contribution in [2.45, 2.75) is 32.2 Å². The van der Waals surface area contributed by atoms with E-state index in [0.717, 1.165) is 0 Å². The molecule has 0 aromatic carbocycles. The van der Waals surface area contributed by atoms with Crippen LogP contribution in [0.25, 0.3) is 0 Å². The number of hydrogen-bond acceptors (Lipinski definition) is 3. The maximum absolute atomic E-state index is 12.0. The van der Waals surface area contributed by atoms with E-state index in [-0.39, 0.29) is 11.8 Å². The number of aliphatic imine (C=N–C) groups is 1. The number of nitrogens with one attached hydrogen (secondary N) is 2. The first-order valence-corrected chi connectivity index (χ1v) is 5.97. The van der Waals surface area contributed by atoms with E-state index in [1.54, 1.807) is 11.8 Å². The van der Waals surface area contributed by atoms with E-state index in [9.17, 15) is 9.59 Å². The molecule has 0 bridgehead atoms. The minimum atomic E-state index is -0.556. The second-order valence-electron chi connectivity index (χ2n) is 4.49. The van der Waals surface area contributed by atoms with Crippen molar-refractivity contribution < 1.29 is 9.59 Å². The van der Waals surface area contributed by atoms with Crippen LogP contribution in [0.5, 0.6) is 0 Å². The molecule has 94 valence electrons. The Morgan fingerprint density at radius 3 is 2.65 bits per heavy atom. The number of piperidine rings is 1. The molecule has 0 saturated carbocycles. The van der Waals surface area contributed by atoms with Crippen molar-refractivity contribution in [2.75, 3.05) is 19.6 Å². The summed E-state index contributed by atoms with van der Waals surface area (Å²) in [6.45, 7) is 5.36. The Labute approximate surface area is 100 Å². The van der Waals surface area contributed by atoms with Crippen LogP contribution in [0, 0.1) is 0 Å². The van der Waals surface area contributed by atoms with Crippen molar-refractivity contribution in [1.82, 2.24) is 15.5 Å². The molecule has 2 heterocycles. The third-order valence-electron chi connectivity index (χ3n) is 3.40. The molecular weight excluding hydrogens is 220 g/mol. The first kappa shape index (κ1) is 11.9. The van der Waals surface area contributed by atoms with Crippen molar-refractivity contribution >= 4 is 17.8 Å². The van der Waals surface area contributed by atoms with Gasteiger partial charge < -0.3 is 10.2 Å². The smallest absolute Gasteiger partial charge is 0.252 e. The van der Waals surface area contributed by atoms with Gasteiger partial charge in [0.1, 0.15) is 5.54 Å². The van der Waals surface area contributed by atoms with Crippen LogP contribution < -0.4 is 10.6 Å². The van der Waals surface area contributed by atoms with Crippen LogP contribution in [0.1, 0.15) is 26.7 Å². The first-order chi connectivity index (χ1) is 8.07. The van der Waals surface area contributed by atoms with Gasteiger partial charge in [0.15, 0.2) is 5.96 Å². The quantitative estimate of drug-likeness (QED) is 0.644. The van der Waals surface area contributed by atoms with E-state index in [4.69, 9.17) is 0 Å². The van der Waals surface area contributed by atoms with Gasteiger partial charge >= 0.3 is 0 Å². The lowest BCUT2D eigenvalue weighted by atomic mass is 9.88. The van der Waals surface area contributed by atoms with E-state index < -0.39 is 5.54 Å². The fourth-order valence-corrected chi connectivity index (χ4v) is 2.33. The van der Waals surface area contributed by atoms with Gasteiger partial charge in [-0.25, -0.2) is 0 Å². The fraction of sp³-hybridized carbons (Fsp3) is 0.727. The van der Waals surface area contributed by atoms with Crippen LogP contribution in [-0.2, 0) is 9.59 Å². The summed E-state index contributed by atoms with van der Waals surface area (Å²) in [7, 11) is 0. The number of carbonyl (C=O) groups is 2. The lowest BCUT2D eigenvalue weighted by molar-refractivity contribution is -0.134. The predicted octanol–water partition coefficient (Wildman–Crippen LogP) is -0.537. The molecule has 2 aliphatic rings. The number of carbonyl (C=O) groups excluding carboxylic acids is 2. The summed E-state index contributed by atoms with van der Waals surface area (Å²) in [4.78, 5) is 29.1. The van der Waals surface area contributed by atoms with Gasteiger partial charge in [-0.2, -0.15) is 0 Å². The molecule has 2 saturated heterocycles. The Hall–Kier alpha value is -1.59. The summed E-state index contributed by atoms with van der Waals surface area (Å²) in [6.07, 6.45) is 1.28. The van der Waals surface area contributed by atoms with Crippen molar-refractivity contribution in [2.24, 2.45) is 4.99 Å². The average molecular weight is 238 g/mol. The maximum Gasteiger partial charge on any atom is 0.252 e. The van der Waals surface area contributed by atoms with Crippen molar-refractivity contribution in [3.05, 3.63) is 0 Å². The number of amides is 2. The highest BCUT2D eigenvalue weighted by molar-refractivity contribution is 6.09. The zero-order valence-corrected chi connectivity index (χ0v) is 10.2. The molecule has 0 aromatic rings. The largest absolute Gasteiger partial charge is 0.343 e. The van der Waals surface area contributed by atoms with Gasteiger partial charge in [-0.1, -0.05) is 0 Å². The molecule has 1 spiro atoms. The molecule has 0 aliphatic carbocycles. The van der Waals surface area contributed by atoms with E-state index in [0.29, 0.717) is 38.4 Å². The fourth-order valence-electron chi connectivity index (χ4n) is 2.33. The standard InChI is InChI=1S/C11H18N4O2/c1-3-12-10-13-9(17)11(14-10)4-6-15(7-5-11)8(2)16/h3-7H2,1-2H3,(H2,12,13,14,17). The van der Waals surface area contributed by atoms with Gasteiger partial charge in [0.2, 0.25) is 5.91 Å². The van der Waals surface area contributed by atoms with Gasteiger partial charge in [-0.05, 0) is 19.8 Å². The monoisotopic (exact) mass is 238 g/mol. The molecule has 17 heavy (non-hydrogen) atoms.